The van der Waals surface area contributed by atoms with Crippen molar-refractivity contribution in [1.29, 1.82) is 0 Å². The second-order valence-corrected chi connectivity index (χ2v) is 4.76. The second-order valence-electron chi connectivity index (χ2n) is 4.76. The van der Waals surface area contributed by atoms with Crippen LogP contribution in [0.5, 0.6) is 0 Å². The molecule has 0 aromatic carbocycles. The van der Waals surface area contributed by atoms with Crippen LogP contribution in [-0.2, 0) is 0 Å². The summed E-state index contributed by atoms with van der Waals surface area (Å²) in [5, 5.41) is 0. The highest BCUT2D eigenvalue weighted by Gasteiger charge is 2.10. The van der Waals surface area contributed by atoms with E-state index in [1.54, 1.807) is 0 Å². The maximum absolute atomic E-state index is 4.02. The lowest BCUT2D eigenvalue weighted by Crippen LogP contribution is -2.24. The van der Waals surface area contributed by atoms with Gasteiger partial charge in [-0.25, -0.2) is 0 Å². The van der Waals surface area contributed by atoms with Gasteiger partial charge in [0.2, 0.25) is 0 Å². The molecule has 0 bridgehead atoms. The molecule has 0 aromatic rings. The zero-order valence-electron chi connectivity index (χ0n) is 11.1. The molecule has 0 N–H and O–H groups in total. The minimum Gasteiger partial charge on any atom is -0.350 e. The normalized spacial score (nSPS) is 12.1. The second kappa shape index (κ2) is 5.79. The Bertz CT molecular complexity index is 269. The van der Waals surface area contributed by atoms with Gasteiger partial charge in [0, 0.05) is 17.9 Å². The summed E-state index contributed by atoms with van der Waals surface area (Å²) in [5.74, 6) is 0.503. The predicted octanol–water partition coefficient (Wildman–Crippen LogP) is 4.35. The van der Waals surface area contributed by atoms with Crippen molar-refractivity contribution in [3.05, 3.63) is 36.2 Å². The van der Waals surface area contributed by atoms with E-state index in [1.165, 1.54) is 5.57 Å². The smallest absolute Gasteiger partial charge is 0.0276 e. The standard InChI is InChI=1S/C14H25N/c1-10(2)14(11(3)4)9-15(12(5)6)13(7)8/h9,11,13H,1,5H2,2-4,6-8H3/b14-9+. The molecule has 0 unspecified atom stereocenters. The van der Waals surface area contributed by atoms with Crippen molar-refractivity contribution in [2.45, 2.75) is 47.6 Å². The first-order chi connectivity index (χ1) is 6.77. The summed E-state index contributed by atoms with van der Waals surface area (Å²) in [4.78, 5) is 2.20. The van der Waals surface area contributed by atoms with Gasteiger partial charge in [0.05, 0.1) is 0 Å². The van der Waals surface area contributed by atoms with Crippen LogP contribution < -0.4 is 0 Å². The number of nitrogens with zero attached hydrogens (tertiary/aromatic N) is 1. The molecule has 1 nitrogen and oxygen atoms in total. The molecule has 0 heterocycles. The summed E-state index contributed by atoms with van der Waals surface area (Å²) in [6.45, 7) is 20.8. The molecule has 0 aromatic heterocycles. The Balaban J connectivity index is 5.08. The van der Waals surface area contributed by atoms with Gasteiger partial charge in [0.25, 0.3) is 0 Å². The Labute approximate surface area is 95.2 Å². The molecular weight excluding hydrogens is 182 g/mol. The lowest BCUT2D eigenvalue weighted by Gasteiger charge is -2.27. The highest BCUT2D eigenvalue weighted by Crippen LogP contribution is 2.20. The summed E-state index contributed by atoms with van der Waals surface area (Å²) in [6.07, 6.45) is 2.18. The molecule has 0 aliphatic carbocycles. The van der Waals surface area contributed by atoms with Crippen LogP contribution >= 0.6 is 0 Å². The summed E-state index contributed by atoms with van der Waals surface area (Å²) >= 11 is 0. The van der Waals surface area contributed by atoms with Crippen molar-refractivity contribution in [3.8, 4) is 0 Å². The first-order valence-corrected chi connectivity index (χ1v) is 5.58. The fourth-order valence-electron chi connectivity index (χ4n) is 1.60. The van der Waals surface area contributed by atoms with Crippen LogP contribution in [0.4, 0.5) is 0 Å². The molecule has 86 valence electrons. The van der Waals surface area contributed by atoms with Crippen LogP contribution in [0.3, 0.4) is 0 Å². The van der Waals surface area contributed by atoms with Gasteiger partial charge in [0.1, 0.15) is 0 Å². The van der Waals surface area contributed by atoms with Gasteiger partial charge in [-0.15, -0.1) is 0 Å². The highest BCUT2D eigenvalue weighted by molar-refractivity contribution is 5.28. The number of rotatable bonds is 5. The minimum atomic E-state index is 0.440. The Morgan fingerprint density at radius 2 is 1.53 bits per heavy atom. The molecule has 0 radical (unpaired) electrons. The molecule has 0 saturated carbocycles. The topological polar surface area (TPSA) is 3.24 Å². The fraction of sp³-hybridized carbons (Fsp3) is 0.571. The lowest BCUT2D eigenvalue weighted by molar-refractivity contribution is 0.381. The van der Waals surface area contributed by atoms with Gasteiger partial charge in [-0.3, -0.25) is 0 Å². The maximum atomic E-state index is 4.02. The fourth-order valence-corrected chi connectivity index (χ4v) is 1.60. The average Bonchev–Trinajstić information content (AvgIpc) is 2.01. The third-order valence-corrected chi connectivity index (χ3v) is 2.39. The van der Waals surface area contributed by atoms with Gasteiger partial charge in [-0.2, -0.15) is 0 Å². The van der Waals surface area contributed by atoms with Crippen molar-refractivity contribution < 1.29 is 0 Å². The maximum Gasteiger partial charge on any atom is 0.0276 e. The van der Waals surface area contributed by atoms with Crippen molar-refractivity contribution >= 4 is 0 Å². The summed E-state index contributed by atoms with van der Waals surface area (Å²) < 4.78 is 0. The van der Waals surface area contributed by atoms with E-state index < -0.39 is 0 Å². The molecule has 0 spiro atoms. The quantitative estimate of drug-likeness (QED) is 0.606. The minimum absolute atomic E-state index is 0.440. The van der Waals surface area contributed by atoms with Crippen LogP contribution in [0.15, 0.2) is 36.2 Å². The Hall–Kier alpha value is -0.980. The first-order valence-electron chi connectivity index (χ1n) is 5.58. The summed E-state index contributed by atoms with van der Waals surface area (Å²) in [7, 11) is 0. The largest absolute Gasteiger partial charge is 0.350 e. The van der Waals surface area contributed by atoms with Crippen molar-refractivity contribution in [2.75, 3.05) is 0 Å². The lowest BCUT2D eigenvalue weighted by atomic mass is 9.98. The Morgan fingerprint density at radius 3 is 1.73 bits per heavy atom. The molecule has 0 aliphatic rings. The van der Waals surface area contributed by atoms with Crippen molar-refractivity contribution in [3.63, 3.8) is 0 Å². The zero-order chi connectivity index (χ0) is 12.2. The average molecular weight is 207 g/mol. The van der Waals surface area contributed by atoms with Gasteiger partial charge in [-0.05, 0) is 39.2 Å². The van der Waals surface area contributed by atoms with E-state index in [9.17, 15) is 0 Å². The van der Waals surface area contributed by atoms with Gasteiger partial charge in [-0.1, -0.05) is 32.6 Å². The van der Waals surface area contributed by atoms with Crippen LogP contribution in [-0.4, -0.2) is 10.9 Å². The number of hydrogen-bond acceptors (Lipinski definition) is 1. The molecular formula is C14H25N. The van der Waals surface area contributed by atoms with Gasteiger partial charge < -0.3 is 4.90 Å². The van der Waals surface area contributed by atoms with E-state index >= 15 is 0 Å². The first kappa shape index (κ1) is 14.0. The third kappa shape index (κ3) is 4.37. The van der Waals surface area contributed by atoms with E-state index in [0.717, 1.165) is 11.3 Å². The van der Waals surface area contributed by atoms with E-state index in [0.29, 0.717) is 12.0 Å². The molecule has 0 rings (SSSR count). The SMILES string of the molecule is C=C(C)/C(=C\N(C(=C)C)C(C)C)C(C)C. The van der Waals surface area contributed by atoms with E-state index in [-0.39, 0.29) is 0 Å². The molecule has 0 amide bonds. The van der Waals surface area contributed by atoms with Crippen LogP contribution in [0.1, 0.15) is 41.5 Å². The number of allylic oxidation sites excluding steroid dienone is 3. The molecule has 0 saturated heterocycles. The molecule has 15 heavy (non-hydrogen) atoms. The highest BCUT2D eigenvalue weighted by atomic mass is 15.1. The molecule has 0 atom stereocenters. The zero-order valence-corrected chi connectivity index (χ0v) is 11.1. The van der Waals surface area contributed by atoms with Crippen LogP contribution in [0.2, 0.25) is 0 Å². The van der Waals surface area contributed by atoms with Gasteiger partial charge in [0.15, 0.2) is 0 Å². The van der Waals surface area contributed by atoms with E-state index in [4.69, 9.17) is 0 Å². The van der Waals surface area contributed by atoms with Gasteiger partial charge >= 0.3 is 0 Å². The predicted molar refractivity (Wildman–Crippen MR) is 69.5 cm³/mol. The number of hydrogen-bond donors (Lipinski definition) is 0. The molecule has 0 fully saturated rings. The van der Waals surface area contributed by atoms with E-state index in [1.807, 2.05) is 6.92 Å². The van der Waals surface area contributed by atoms with Crippen LogP contribution in [0, 0.1) is 5.92 Å². The summed E-state index contributed by atoms with van der Waals surface area (Å²) in [5.41, 5.74) is 3.51. The Kier molecular flexibility index (Phi) is 5.41. The summed E-state index contributed by atoms with van der Waals surface area (Å²) in [6, 6.07) is 0.440. The monoisotopic (exact) mass is 207 g/mol. The Morgan fingerprint density at radius 1 is 1.07 bits per heavy atom. The molecule has 0 aliphatic heterocycles. The van der Waals surface area contributed by atoms with Crippen molar-refractivity contribution in [1.82, 2.24) is 4.90 Å². The third-order valence-electron chi connectivity index (χ3n) is 2.39. The van der Waals surface area contributed by atoms with Crippen LogP contribution in [0.25, 0.3) is 0 Å². The molecule has 1 heteroatoms. The van der Waals surface area contributed by atoms with Crippen molar-refractivity contribution in [2.24, 2.45) is 5.92 Å². The van der Waals surface area contributed by atoms with E-state index in [2.05, 4.69) is 58.9 Å².